The molecule has 2 N–H and O–H groups in total. The van der Waals surface area contributed by atoms with Gasteiger partial charge in [-0.2, -0.15) is 5.26 Å². The Balaban J connectivity index is 1.30. The molecule has 3 heterocycles. The molecule has 0 bridgehead atoms. The van der Waals surface area contributed by atoms with Crippen LogP contribution in [0.2, 0.25) is 0 Å². The van der Waals surface area contributed by atoms with Gasteiger partial charge < -0.3 is 20.3 Å². The lowest BCUT2D eigenvalue weighted by Gasteiger charge is -2.33. The highest BCUT2D eigenvalue weighted by Gasteiger charge is 2.23. The Morgan fingerprint density at radius 3 is 2.85 bits per heavy atom. The van der Waals surface area contributed by atoms with Gasteiger partial charge in [0.15, 0.2) is 0 Å². The summed E-state index contributed by atoms with van der Waals surface area (Å²) < 4.78 is 5.40. The van der Waals surface area contributed by atoms with Crippen LogP contribution in [0.5, 0.6) is 0 Å². The van der Waals surface area contributed by atoms with Gasteiger partial charge in [0.25, 0.3) is 0 Å². The number of hydrogen-bond donors (Lipinski definition) is 2. The first-order chi connectivity index (χ1) is 13.2. The van der Waals surface area contributed by atoms with Crippen molar-refractivity contribution in [3.05, 3.63) is 53.2 Å². The number of ether oxygens (including phenoxy) is 1. The molecule has 1 aromatic heterocycles. The van der Waals surface area contributed by atoms with E-state index in [1.54, 1.807) is 18.3 Å². The zero-order chi connectivity index (χ0) is 18.6. The van der Waals surface area contributed by atoms with E-state index in [1.807, 2.05) is 18.2 Å². The van der Waals surface area contributed by atoms with E-state index in [9.17, 15) is 10.1 Å². The van der Waals surface area contributed by atoms with E-state index >= 15 is 0 Å². The van der Waals surface area contributed by atoms with Crippen molar-refractivity contribution in [3.8, 4) is 6.07 Å². The Morgan fingerprint density at radius 1 is 1.22 bits per heavy atom. The summed E-state index contributed by atoms with van der Waals surface area (Å²) in [6.45, 7) is 2.76. The molecule has 0 spiro atoms. The third-order valence-corrected chi connectivity index (χ3v) is 5.02. The van der Waals surface area contributed by atoms with E-state index in [-0.39, 0.29) is 12.1 Å². The highest BCUT2D eigenvalue weighted by molar-refractivity contribution is 5.89. The summed E-state index contributed by atoms with van der Waals surface area (Å²) in [6, 6.07) is 11.5. The van der Waals surface area contributed by atoms with E-state index < -0.39 is 0 Å². The zero-order valence-corrected chi connectivity index (χ0v) is 14.9. The molecular weight excluding hydrogens is 342 g/mol. The number of urea groups is 1. The standard InChI is InChI=1S/C20H21N5O2/c21-11-14-2-1-7-22-19(14)25-8-5-17(6-9-25)23-20(26)24-18-4-3-15-12-27-13-16(15)10-18/h1-4,7,10,17H,5-6,8-9,12-13H2,(H2,23,24,26). The summed E-state index contributed by atoms with van der Waals surface area (Å²) in [6.07, 6.45) is 3.33. The number of carbonyl (C=O) groups excluding carboxylic acids is 1. The van der Waals surface area contributed by atoms with Crippen LogP contribution in [0.4, 0.5) is 16.3 Å². The summed E-state index contributed by atoms with van der Waals surface area (Å²) in [5.74, 6) is 0.725. The molecule has 1 aromatic carbocycles. The van der Waals surface area contributed by atoms with Crippen LogP contribution in [0.1, 0.15) is 29.5 Å². The van der Waals surface area contributed by atoms with Crippen LogP contribution in [0, 0.1) is 11.3 Å². The predicted octanol–water partition coefficient (Wildman–Crippen LogP) is 2.77. The minimum atomic E-state index is -0.192. The van der Waals surface area contributed by atoms with Crippen LogP contribution in [0.25, 0.3) is 0 Å². The number of aromatic nitrogens is 1. The average Bonchev–Trinajstić information content (AvgIpc) is 3.16. The molecule has 0 saturated carbocycles. The monoisotopic (exact) mass is 363 g/mol. The fourth-order valence-electron chi connectivity index (χ4n) is 3.57. The van der Waals surface area contributed by atoms with Crippen LogP contribution in [0.15, 0.2) is 36.5 Å². The first-order valence-electron chi connectivity index (χ1n) is 9.10. The van der Waals surface area contributed by atoms with Crippen molar-refractivity contribution < 1.29 is 9.53 Å². The van der Waals surface area contributed by atoms with Gasteiger partial charge in [0.2, 0.25) is 0 Å². The summed E-state index contributed by atoms with van der Waals surface area (Å²) >= 11 is 0. The lowest BCUT2D eigenvalue weighted by molar-refractivity contribution is 0.134. The molecule has 7 nitrogen and oxygen atoms in total. The fraction of sp³-hybridized carbons (Fsp3) is 0.350. The van der Waals surface area contributed by atoms with Crippen molar-refractivity contribution in [2.75, 3.05) is 23.3 Å². The number of piperidine rings is 1. The second-order valence-electron chi connectivity index (χ2n) is 6.82. The van der Waals surface area contributed by atoms with Crippen molar-refractivity contribution in [2.45, 2.75) is 32.1 Å². The Hall–Kier alpha value is -3.11. The minimum absolute atomic E-state index is 0.105. The number of benzene rings is 1. The Labute approximate surface area is 158 Å². The molecule has 1 saturated heterocycles. The van der Waals surface area contributed by atoms with Crippen molar-refractivity contribution in [2.24, 2.45) is 0 Å². The Morgan fingerprint density at radius 2 is 2.04 bits per heavy atom. The maximum absolute atomic E-state index is 12.3. The zero-order valence-electron chi connectivity index (χ0n) is 14.9. The molecule has 2 aliphatic rings. The molecule has 0 radical (unpaired) electrons. The molecule has 0 atom stereocenters. The third kappa shape index (κ3) is 3.86. The number of pyridine rings is 1. The molecule has 1 fully saturated rings. The molecular formula is C20H21N5O2. The molecule has 2 aromatic rings. The summed E-state index contributed by atoms with van der Waals surface area (Å²) in [7, 11) is 0. The van der Waals surface area contributed by atoms with E-state index in [4.69, 9.17) is 4.74 Å². The quantitative estimate of drug-likeness (QED) is 0.875. The largest absolute Gasteiger partial charge is 0.372 e. The van der Waals surface area contributed by atoms with E-state index in [2.05, 4.69) is 26.6 Å². The topological polar surface area (TPSA) is 90.3 Å². The van der Waals surface area contributed by atoms with E-state index in [0.29, 0.717) is 18.8 Å². The highest BCUT2D eigenvalue weighted by Crippen LogP contribution is 2.24. The number of nitrogens with one attached hydrogen (secondary N) is 2. The van der Waals surface area contributed by atoms with Gasteiger partial charge in [0.05, 0.1) is 18.8 Å². The summed E-state index contributed by atoms with van der Waals surface area (Å²) in [4.78, 5) is 18.8. The second-order valence-corrected chi connectivity index (χ2v) is 6.82. The van der Waals surface area contributed by atoms with Crippen LogP contribution < -0.4 is 15.5 Å². The number of amides is 2. The fourth-order valence-corrected chi connectivity index (χ4v) is 3.57. The van der Waals surface area contributed by atoms with Gasteiger partial charge >= 0.3 is 6.03 Å². The van der Waals surface area contributed by atoms with Gasteiger partial charge in [0, 0.05) is 31.0 Å². The van der Waals surface area contributed by atoms with Gasteiger partial charge in [0.1, 0.15) is 11.9 Å². The normalized spacial score (nSPS) is 16.5. The van der Waals surface area contributed by atoms with Gasteiger partial charge in [-0.3, -0.25) is 0 Å². The number of carbonyl (C=O) groups is 1. The SMILES string of the molecule is N#Cc1cccnc1N1CCC(NC(=O)Nc2ccc3c(c2)COC3)CC1. The van der Waals surface area contributed by atoms with E-state index in [0.717, 1.165) is 43.0 Å². The third-order valence-electron chi connectivity index (χ3n) is 5.02. The Bertz CT molecular complexity index is 884. The van der Waals surface area contributed by atoms with Crippen LogP contribution >= 0.6 is 0 Å². The molecule has 4 rings (SSSR count). The van der Waals surface area contributed by atoms with E-state index in [1.165, 1.54) is 5.56 Å². The summed E-state index contributed by atoms with van der Waals surface area (Å²) in [5.41, 5.74) is 3.67. The minimum Gasteiger partial charge on any atom is -0.372 e. The molecule has 27 heavy (non-hydrogen) atoms. The van der Waals surface area contributed by atoms with Gasteiger partial charge in [-0.25, -0.2) is 9.78 Å². The number of anilines is 2. The van der Waals surface area contributed by atoms with Crippen molar-refractivity contribution in [1.29, 1.82) is 5.26 Å². The van der Waals surface area contributed by atoms with Gasteiger partial charge in [-0.1, -0.05) is 6.07 Å². The highest BCUT2D eigenvalue weighted by atomic mass is 16.5. The van der Waals surface area contributed by atoms with Crippen LogP contribution in [-0.2, 0) is 18.0 Å². The van der Waals surface area contributed by atoms with Crippen molar-refractivity contribution >= 4 is 17.5 Å². The maximum atomic E-state index is 12.3. The molecule has 2 amide bonds. The smallest absolute Gasteiger partial charge is 0.319 e. The number of rotatable bonds is 3. The number of nitriles is 1. The average molecular weight is 363 g/mol. The maximum Gasteiger partial charge on any atom is 0.319 e. The number of hydrogen-bond acceptors (Lipinski definition) is 5. The first kappa shape index (κ1) is 17.3. The summed E-state index contributed by atoms with van der Waals surface area (Å²) in [5, 5.41) is 15.2. The lowest BCUT2D eigenvalue weighted by Crippen LogP contribution is -2.46. The number of fused-ring (bicyclic) bond motifs is 1. The predicted molar refractivity (Wildman–Crippen MR) is 101 cm³/mol. The van der Waals surface area contributed by atoms with Crippen molar-refractivity contribution in [3.63, 3.8) is 0 Å². The van der Waals surface area contributed by atoms with Crippen LogP contribution in [0.3, 0.4) is 0 Å². The molecule has 0 unspecified atom stereocenters. The van der Waals surface area contributed by atoms with Gasteiger partial charge in [-0.05, 0) is 48.2 Å². The Kier molecular flexibility index (Phi) is 4.90. The number of nitrogens with zero attached hydrogens (tertiary/aromatic N) is 3. The molecule has 2 aliphatic heterocycles. The second kappa shape index (κ2) is 7.64. The molecule has 138 valence electrons. The molecule has 7 heteroatoms. The first-order valence-corrected chi connectivity index (χ1v) is 9.10. The van der Waals surface area contributed by atoms with Crippen molar-refractivity contribution in [1.82, 2.24) is 10.3 Å². The van der Waals surface area contributed by atoms with Gasteiger partial charge in [-0.15, -0.1) is 0 Å². The molecule has 0 aliphatic carbocycles. The lowest BCUT2D eigenvalue weighted by atomic mass is 10.0. The van der Waals surface area contributed by atoms with Crippen LogP contribution in [-0.4, -0.2) is 30.1 Å².